The zero-order valence-electron chi connectivity index (χ0n) is 27.2. The summed E-state index contributed by atoms with van der Waals surface area (Å²) in [7, 11) is 0. The first-order valence-corrected chi connectivity index (χ1v) is 17.0. The summed E-state index contributed by atoms with van der Waals surface area (Å²) in [6.45, 7) is 8.65. The van der Waals surface area contributed by atoms with Crippen molar-refractivity contribution in [3.05, 3.63) is 95.4 Å². The number of benzene rings is 3. The number of carbonyl (C=O) groups excluding carboxylic acids is 1. The molecule has 250 valence electrons. The van der Waals surface area contributed by atoms with Crippen LogP contribution in [0, 0.1) is 6.92 Å². The molecule has 48 heavy (non-hydrogen) atoms. The normalized spacial score (nSPS) is 17.8. The molecular weight excluding hydrogens is 637 g/mol. The lowest BCUT2D eigenvalue weighted by Gasteiger charge is -2.37. The maximum atomic E-state index is 13.4. The minimum absolute atomic E-state index is 0.219. The van der Waals surface area contributed by atoms with Gasteiger partial charge in [-0.15, -0.1) is 18.3 Å². The molecule has 0 spiro atoms. The van der Waals surface area contributed by atoms with Crippen LogP contribution in [0.2, 0.25) is 0 Å². The van der Waals surface area contributed by atoms with Gasteiger partial charge in [-0.25, -0.2) is 14.5 Å². The molecule has 0 bridgehead atoms. The van der Waals surface area contributed by atoms with E-state index in [0.717, 1.165) is 64.7 Å². The molecule has 3 aromatic carbocycles. The van der Waals surface area contributed by atoms with Gasteiger partial charge in [-0.2, -0.15) is 4.99 Å². The molecule has 1 aliphatic carbocycles. The molecular formula is C36H37F3N6O2S. The number of aliphatic imine (C=N–C) groups is 1. The fraction of sp³-hybridized carbons (Fsp3) is 0.333. The minimum Gasteiger partial charge on any atom is -0.406 e. The molecule has 6 rings (SSSR count). The van der Waals surface area contributed by atoms with E-state index in [2.05, 4.69) is 75.9 Å². The van der Waals surface area contributed by atoms with Gasteiger partial charge in [0.2, 0.25) is 0 Å². The molecule has 1 unspecified atom stereocenters. The third-order valence-electron chi connectivity index (χ3n) is 8.47. The number of allylic oxidation sites excluding steroid dienone is 2. The van der Waals surface area contributed by atoms with Crippen molar-refractivity contribution in [2.24, 2.45) is 4.99 Å². The van der Waals surface area contributed by atoms with E-state index in [4.69, 9.17) is 0 Å². The van der Waals surface area contributed by atoms with Crippen LogP contribution in [0.15, 0.2) is 83.7 Å². The van der Waals surface area contributed by atoms with Gasteiger partial charge in [-0.3, -0.25) is 0 Å². The third-order valence-corrected chi connectivity index (χ3v) is 9.46. The highest BCUT2D eigenvalue weighted by molar-refractivity contribution is 8.14. The number of amides is 2. The topological polar surface area (TPSA) is 84.6 Å². The second kappa shape index (κ2) is 13.9. The molecule has 2 heterocycles. The first-order valence-electron chi connectivity index (χ1n) is 16.0. The number of carbonyl (C=O) groups is 1. The van der Waals surface area contributed by atoms with Crippen LogP contribution in [-0.2, 0) is 0 Å². The summed E-state index contributed by atoms with van der Waals surface area (Å²) >= 11 is 1.62. The number of hydrogen-bond acceptors (Lipinski definition) is 5. The number of ether oxygens (including phenoxy) is 1. The molecule has 2 amide bonds. The van der Waals surface area contributed by atoms with Gasteiger partial charge in [0, 0.05) is 28.7 Å². The third kappa shape index (κ3) is 7.59. The van der Waals surface area contributed by atoms with Crippen molar-refractivity contribution >= 4 is 34.2 Å². The number of nitrogens with one attached hydrogen (secondary N) is 1. The van der Waals surface area contributed by atoms with Crippen molar-refractivity contribution in [2.45, 2.75) is 71.7 Å². The predicted molar refractivity (Wildman–Crippen MR) is 184 cm³/mol. The van der Waals surface area contributed by atoms with Gasteiger partial charge in [0.05, 0.1) is 5.69 Å². The van der Waals surface area contributed by atoms with E-state index >= 15 is 0 Å². The maximum Gasteiger partial charge on any atom is 0.573 e. The number of nitrogens with zero attached hydrogens (tertiary/aromatic N) is 5. The summed E-state index contributed by atoms with van der Waals surface area (Å²) in [5, 5.41) is 8.33. The smallest absolute Gasteiger partial charge is 0.406 e. The van der Waals surface area contributed by atoms with Crippen LogP contribution in [-0.4, -0.2) is 44.1 Å². The number of urea groups is 1. The summed E-state index contributed by atoms with van der Waals surface area (Å²) in [4.78, 5) is 24.6. The summed E-state index contributed by atoms with van der Waals surface area (Å²) in [5.41, 5.74) is 7.82. The van der Waals surface area contributed by atoms with Gasteiger partial charge in [-0.05, 0) is 98.0 Å². The van der Waals surface area contributed by atoms with E-state index < -0.39 is 6.36 Å². The Morgan fingerprint density at radius 3 is 2.48 bits per heavy atom. The van der Waals surface area contributed by atoms with E-state index in [-0.39, 0.29) is 17.8 Å². The molecule has 1 saturated heterocycles. The van der Waals surface area contributed by atoms with Crippen LogP contribution in [0.25, 0.3) is 22.6 Å². The van der Waals surface area contributed by atoms with Crippen molar-refractivity contribution < 1.29 is 22.7 Å². The Morgan fingerprint density at radius 1 is 1.04 bits per heavy atom. The number of anilines is 1. The Labute approximate surface area is 282 Å². The summed E-state index contributed by atoms with van der Waals surface area (Å²) in [6.07, 6.45) is 0.290. The molecule has 12 heteroatoms. The zero-order chi connectivity index (χ0) is 34.0. The number of halogens is 3. The van der Waals surface area contributed by atoms with Crippen LogP contribution in [0.4, 0.5) is 23.7 Å². The molecule has 1 fully saturated rings. The molecule has 1 N–H and O–H groups in total. The number of rotatable bonds is 7. The van der Waals surface area contributed by atoms with Crippen molar-refractivity contribution in [1.29, 1.82) is 0 Å². The molecule has 2 aliphatic rings. The lowest BCUT2D eigenvalue weighted by Crippen LogP contribution is -2.42. The van der Waals surface area contributed by atoms with Gasteiger partial charge in [-0.1, -0.05) is 62.0 Å². The van der Waals surface area contributed by atoms with Gasteiger partial charge in [0.15, 0.2) is 11.0 Å². The fourth-order valence-electron chi connectivity index (χ4n) is 6.07. The lowest BCUT2D eigenvalue weighted by atomic mass is 9.98. The van der Waals surface area contributed by atoms with Crippen LogP contribution in [0.3, 0.4) is 0 Å². The summed E-state index contributed by atoms with van der Waals surface area (Å²) in [5.74, 6) is 1.41. The molecule has 1 aliphatic heterocycles. The number of aromatic nitrogens is 3. The minimum atomic E-state index is -4.75. The zero-order valence-corrected chi connectivity index (χ0v) is 28.0. The number of aryl methyl sites for hydroxylation is 1. The molecule has 1 aromatic heterocycles. The Bertz CT molecular complexity index is 1850. The van der Waals surface area contributed by atoms with Crippen molar-refractivity contribution in [1.82, 2.24) is 20.1 Å². The highest BCUT2D eigenvalue weighted by atomic mass is 32.2. The van der Waals surface area contributed by atoms with Crippen molar-refractivity contribution in [3.8, 4) is 22.8 Å². The second-order valence-electron chi connectivity index (χ2n) is 12.3. The van der Waals surface area contributed by atoms with E-state index in [1.807, 2.05) is 24.3 Å². The number of hydrogen-bond donors (Lipinski definition) is 1. The molecule has 0 saturated carbocycles. The Balaban J connectivity index is 1.18. The quantitative estimate of drug-likeness (QED) is 0.210. The monoisotopic (exact) mass is 674 g/mol. The predicted octanol–water partition coefficient (Wildman–Crippen LogP) is 9.26. The average molecular weight is 675 g/mol. The first kappa shape index (κ1) is 33.3. The van der Waals surface area contributed by atoms with E-state index in [0.29, 0.717) is 17.4 Å². The molecule has 0 radical (unpaired) electrons. The second-order valence-corrected chi connectivity index (χ2v) is 13.4. The van der Waals surface area contributed by atoms with Gasteiger partial charge >= 0.3 is 12.4 Å². The van der Waals surface area contributed by atoms with Crippen LogP contribution in [0.5, 0.6) is 5.75 Å². The van der Waals surface area contributed by atoms with E-state index in [9.17, 15) is 18.0 Å². The largest absolute Gasteiger partial charge is 0.573 e. The molecule has 8 nitrogen and oxygen atoms in total. The Kier molecular flexibility index (Phi) is 9.63. The van der Waals surface area contributed by atoms with Gasteiger partial charge < -0.3 is 15.0 Å². The lowest BCUT2D eigenvalue weighted by molar-refractivity contribution is -0.274. The molecule has 4 aromatic rings. The van der Waals surface area contributed by atoms with Crippen LogP contribution < -0.4 is 15.0 Å². The van der Waals surface area contributed by atoms with E-state index in [1.54, 1.807) is 11.8 Å². The Morgan fingerprint density at radius 2 is 1.77 bits per heavy atom. The Hall–Kier alpha value is -4.58. The standard InChI is InChI=1S/C36H37F3N6O2S/c1-22(2)29-17-8-23(3)20-32(29)45-24(4)18-19-48-35(45)42-34(46)41-31-7-5-6-30(31)25-9-11-26(12-10-25)33-40-21-44(43-33)27-13-15-28(16-14-27)47-36(37,38)39/h8-17,20-22,24H,5-7,18-19H2,1-4H3,(H,41,46). The molecule has 1 atom stereocenters. The number of amidine groups is 1. The SMILES string of the molecule is Cc1ccc(C(C)C)c(N2C(=NC(=O)NC3=C(c4ccc(-c5ncn(-c6ccc(OC(F)(F)F)cc6)n5)cc4)CCC3)SCCC2C)c1. The van der Waals surface area contributed by atoms with Gasteiger partial charge in [0.1, 0.15) is 12.1 Å². The number of thioether (sulfide) groups is 1. The first-order chi connectivity index (χ1) is 22.9. The van der Waals surface area contributed by atoms with Crippen LogP contribution >= 0.6 is 11.8 Å². The summed E-state index contributed by atoms with van der Waals surface area (Å²) < 4.78 is 42.9. The fourth-order valence-corrected chi connectivity index (χ4v) is 7.28. The van der Waals surface area contributed by atoms with Gasteiger partial charge in [0.25, 0.3) is 0 Å². The van der Waals surface area contributed by atoms with Crippen molar-refractivity contribution in [2.75, 3.05) is 10.7 Å². The maximum absolute atomic E-state index is 13.4. The van der Waals surface area contributed by atoms with E-state index in [1.165, 1.54) is 46.4 Å². The summed E-state index contributed by atoms with van der Waals surface area (Å²) in [6, 6.07) is 19.6. The van der Waals surface area contributed by atoms with Crippen molar-refractivity contribution in [3.63, 3.8) is 0 Å². The highest BCUT2D eigenvalue weighted by Crippen LogP contribution is 2.36. The highest BCUT2D eigenvalue weighted by Gasteiger charge is 2.31. The van der Waals surface area contributed by atoms with Crippen LogP contribution in [0.1, 0.15) is 69.1 Å². The average Bonchev–Trinajstić information content (AvgIpc) is 3.71. The number of alkyl halides is 3.